The van der Waals surface area contributed by atoms with Crippen LogP contribution < -0.4 is 4.74 Å². The number of aryl methyl sites for hydroxylation is 1. The van der Waals surface area contributed by atoms with Crippen molar-refractivity contribution in [3.63, 3.8) is 0 Å². The van der Waals surface area contributed by atoms with Crippen molar-refractivity contribution in [3.8, 4) is 11.8 Å². The summed E-state index contributed by atoms with van der Waals surface area (Å²) >= 11 is 0. The smallest absolute Gasteiger partial charge is 0.207 e. The number of allylic oxidation sites excluding steroid dienone is 1. The number of methoxy groups -OCH3 is 1. The first-order chi connectivity index (χ1) is 10.2. The Kier molecular flexibility index (Phi) is 4.53. The van der Waals surface area contributed by atoms with Gasteiger partial charge in [0.2, 0.25) is 5.78 Å². The van der Waals surface area contributed by atoms with Crippen molar-refractivity contribution in [3.05, 3.63) is 70.8 Å². The van der Waals surface area contributed by atoms with Crippen LogP contribution in [0.1, 0.15) is 21.5 Å². The third-order valence-corrected chi connectivity index (χ3v) is 3.11. The fourth-order valence-electron chi connectivity index (χ4n) is 1.96. The second-order valence-corrected chi connectivity index (χ2v) is 4.61. The number of ketones is 1. The standard InChI is InChI=1S/C18H15NO2/c1-13-7-9-14(10-8-13)11-15(12-19)18(20)16-5-3-4-6-17(16)21-2/h3-11H,1-2H3/b15-11+. The van der Waals surface area contributed by atoms with Crippen LogP contribution in [0, 0.1) is 18.3 Å². The van der Waals surface area contributed by atoms with Gasteiger partial charge in [0.05, 0.1) is 12.7 Å². The largest absolute Gasteiger partial charge is 0.496 e. The highest BCUT2D eigenvalue weighted by Gasteiger charge is 2.16. The van der Waals surface area contributed by atoms with Crippen LogP contribution in [0.15, 0.2) is 54.1 Å². The molecule has 2 aromatic rings. The minimum absolute atomic E-state index is 0.0864. The Morgan fingerprint density at radius 1 is 1.14 bits per heavy atom. The number of carbonyl (C=O) groups is 1. The van der Waals surface area contributed by atoms with Crippen molar-refractivity contribution < 1.29 is 9.53 Å². The van der Waals surface area contributed by atoms with Gasteiger partial charge in [0.1, 0.15) is 17.4 Å². The number of nitriles is 1. The Bertz CT molecular complexity index is 722. The third-order valence-electron chi connectivity index (χ3n) is 3.11. The topological polar surface area (TPSA) is 50.1 Å². The van der Waals surface area contributed by atoms with Crippen molar-refractivity contribution in [1.29, 1.82) is 5.26 Å². The zero-order chi connectivity index (χ0) is 15.2. The minimum atomic E-state index is -0.337. The second kappa shape index (κ2) is 6.53. The van der Waals surface area contributed by atoms with E-state index in [1.165, 1.54) is 7.11 Å². The lowest BCUT2D eigenvalue weighted by Gasteiger charge is -2.06. The van der Waals surface area contributed by atoms with Crippen LogP contribution in [0.25, 0.3) is 6.08 Å². The molecule has 3 nitrogen and oxygen atoms in total. The molecule has 0 fully saturated rings. The van der Waals surface area contributed by atoms with Crippen molar-refractivity contribution in [2.24, 2.45) is 0 Å². The molecule has 0 spiro atoms. The first-order valence-electron chi connectivity index (χ1n) is 6.52. The van der Waals surface area contributed by atoms with Gasteiger partial charge in [0.25, 0.3) is 0 Å². The maximum atomic E-state index is 12.5. The molecule has 0 amide bonds. The molecule has 21 heavy (non-hydrogen) atoms. The summed E-state index contributed by atoms with van der Waals surface area (Å²) in [7, 11) is 1.50. The summed E-state index contributed by atoms with van der Waals surface area (Å²) in [6.07, 6.45) is 1.59. The molecule has 3 heteroatoms. The van der Waals surface area contributed by atoms with E-state index in [2.05, 4.69) is 0 Å². The fraction of sp³-hybridized carbons (Fsp3) is 0.111. The van der Waals surface area contributed by atoms with Gasteiger partial charge in [-0.25, -0.2) is 0 Å². The zero-order valence-corrected chi connectivity index (χ0v) is 12.0. The lowest BCUT2D eigenvalue weighted by Crippen LogP contribution is -2.04. The average Bonchev–Trinajstić information content (AvgIpc) is 2.53. The van der Waals surface area contributed by atoms with E-state index < -0.39 is 0 Å². The number of benzene rings is 2. The molecule has 0 saturated heterocycles. The van der Waals surface area contributed by atoms with Gasteiger partial charge in [-0.1, -0.05) is 42.0 Å². The average molecular weight is 277 g/mol. The molecule has 2 aromatic carbocycles. The molecule has 0 saturated carbocycles. The molecule has 2 rings (SSSR count). The van der Waals surface area contributed by atoms with Gasteiger partial charge >= 0.3 is 0 Å². The summed E-state index contributed by atoms with van der Waals surface area (Å²) in [5.74, 6) is 0.128. The zero-order valence-electron chi connectivity index (χ0n) is 12.0. The Morgan fingerprint density at radius 2 is 1.81 bits per heavy atom. The van der Waals surface area contributed by atoms with Gasteiger partial charge in [0, 0.05) is 0 Å². The molecule has 0 N–H and O–H groups in total. The summed E-state index contributed by atoms with van der Waals surface area (Å²) in [5.41, 5.74) is 2.42. The second-order valence-electron chi connectivity index (χ2n) is 4.61. The van der Waals surface area contributed by atoms with Gasteiger partial charge < -0.3 is 4.74 Å². The van der Waals surface area contributed by atoms with Crippen LogP contribution in [0.3, 0.4) is 0 Å². The molecular weight excluding hydrogens is 262 g/mol. The predicted octanol–water partition coefficient (Wildman–Crippen LogP) is 3.79. The molecule has 0 radical (unpaired) electrons. The first kappa shape index (κ1) is 14.5. The van der Waals surface area contributed by atoms with Gasteiger partial charge in [-0.05, 0) is 30.7 Å². The predicted molar refractivity (Wildman–Crippen MR) is 82.1 cm³/mol. The van der Waals surface area contributed by atoms with Crippen molar-refractivity contribution >= 4 is 11.9 Å². The van der Waals surface area contributed by atoms with E-state index in [0.29, 0.717) is 11.3 Å². The van der Waals surface area contributed by atoms with E-state index in [9.17, 15) is 10.1 Å². The van der Waals surface area contributed by atoms with E-state index in [1.54, 1.807) is 30.3 Å². The number of hydrogen-bond acceptors (Lipinski definition) is 3. The van der Waals surface area contributed by atoms with E-state index in [4.69, 9.17) is 4.74 Å². The molecule has 0 aliphatic carbocycles. The van der Waals surface area contributed by atoms with Crippen LogP contribution >= 0.6 is 0 Å². The highest BCUT2D eigenvalue weighted by Crippen LogP contribution is 2.21. The lowest BCUT2D eigenvalue weighted by molar-refractivity contribution is 0.103. The number of hydrogen-bond donors (Lipinski definition) is 0. The molecule has 0 aliphatic heterocycles. The SMILES string of the molecule is COc1ccccc1C(=O)/C(C#N)=C/c1ccc(C)cc1. The summed E-state index contributed by atoms with van der Waals surface area (Å²) in [6, 6.07) is 16.5. The number of nitrogens with zero attached hydrogens (tertiary/aromatic N) is 1. The van der Waals surface area contributed by atoms with E-state index in [1.807, 2.05) is 37.3 Å². The van der Waals surface area contributed by atoms with Crippen LogP contribution in [0.4, 0.5) is 0 Å². The molecule has 0 unspecified atom stereocenters. The van der Waals surface area contributed by atoms with Gasteiger partial charge in [-0.3, -0.25) is 4.79 Å². The molecule has 0 heterocycles. The summed E-state index contributed by atoms with van der Waals surface area (Å²) in [6.45, 7) is 1.98. The Hall–Kier alpha value is -2.86. The van der Waals surface area contributed by atoms with Gasteiger partial charge in [-0.15, -0.1) is 0 Å². The fourth-order valence-corrected chi connectivity index (χ4v) is 1.96. The maximum absolute atomic E-state index is 12.5. The minimum Gasteiger partial charge on any atom is -0.496 e. The molecule has 0 bridgehead atoms. The molecule has 0 atom stereocenters. The summed E-state index contributed by atoms with van der Waals surface area (Å²) < 4.78 is 5.17. The van der Waals surface area contributed by atoms with Crippen LogP contribution in [-0.4, -0.2) is 12.9 Å². The van der Waals surface area contributed by atoms with Gasteiger partial charge in [-0.2, -0.15) is 5.26 Å². The highest BCUT2D eigenvalue weighted by molar-refractivity contribution is 6.15. The number of rotatable bonds is 4. The molecule has 0 aromatic heterocycles. The highest BCUT2D eigenvalue weighted by atomic mass is 16.5. The summed E-state index contributed by atoms with van der Waals surface area (Å²) in [4.78, 5) is 12.5. The van der Waals surface area contributed by atoms with Crippen LogP contribution in [0.2, 0.25) is 0 Å². The van der Waals surface area contributed by atoms with Gasteiger partial charge in [0.15, 0.2) is 0 Å². The Morgan fingerprint density at radius 3 is 2.43 bits per heavy atom. The van der Waals surface area contributed by atoms with E-state index in [0.717, 1.165) is 11.1 Å². The Balaban J connectivity index is 2.39. The van der Waals surface area contributed by atoms with E-state index >= 15 is 0 Å². The normalized spacial score (nSPS) is 10.8. The third kappa shape index (κ3) is 3.37. The molecular formula is C18H15NO2. The monoisotopic (exact) mass is 277 g/mol. The number of carbonyl (C=O) groups excluding carboxylic acids is 1. The Labute approximate surface area is 124 Å². The van der Waals surface area contributed by atoms with Crippen molar-refractivity contribution in [1.82, 2.24) is 0 Å². The first-order valence-corrected chi connectivity index (χ1v) is 6.52. The van der Waals surface area contributed by atoms with Crippen molar-refractivity contribution in [2.45, 2.75) is 6.92 Å². The molecule has 104 valence electrons. The number of Topliss-reactive ketones (excluding diaryl/α,β-unsaturated/α-hetero) is 1. The van der Waals surface area contributed by atoms with E-state index in [-0.39, 0.29) is 11.4 Å². The maximum Gasteiger partial charge on any atom is 0.207 e. The van der Waals surface area contributed by atoms with Crippen LogP contribution in [-0.2, 0) is 0 Å². The number of para-hydroxylation sites is 1. The van der Waals surface area contributed by atoms with Crippen LogP contribution in [0.5, 0.6) is 5.75 Å². The molecule has 0 aliphatic rings. The quantitative estimate of drug-likeness (QED) is 0.485. The van der Waals surface area contributed by atoms with Crippen molar-refractivity contribution in [2.75, 3.05) is 7.11 Å². The summed E-state index contributed by atoms with van der Waals surface area (Å²) in [5, 5.41) is 9.26. The lowest BCUT2D eigenvalue weighted by atomic mass is 10.0. The number of ether oxygens (including phenoxy) is 1.